The third-order valence-electron chi connectivity index (χ3n) is 19.5. The van der Waals surface area contributed by atoms with Gasteiger partial charge in [0.2, 0.25) is 0 Å². The SMILES string of the molecule is CC(C)(C)c1cc[c-]cc1.CC(C)(C)c1cc[c-]cc1.CC1[C-]=CC(C2C3CC4CC(C3)CC2C4)=C1.C[C-]1C2=C3Cc4ccccc4C3=C3C=CCCC3C2(C)C(C)(C)C(C)(C)C1(C)C.Cl.Cl.[CH2]=[Zr]. The first kappa shape index (κ1) is 57.5. The van der Waals surface area contributed by atoms with Crippen molar-refractivity contribution in [3.63, 3.8) is 0 Å². The number of fused-ring (bicyclic) bond motifs is 6. The Morgan fingerprint density at radius 1 is 0.696 bits per heavy atom. The third kappa shape index (κ3) is 10.7. The van der Waals surface area contributed by atoms with Crippen LogP contribution in [0.2, 0.25) is 0 Å². The quantitative estimate of drug-likeness (QED) is 0.213. The zero-order valence-electron chi connectivity index (χ0n) is 45.5. The van der Waals surface area contributed by atoms with Crippen molar-refractivity contribution in [2.24, 2.45) is 63.1 Å². The van der Waals surface area contributed by atoms with Crippen LogP contribution in [0.4, 0.5) is 0 Å². The first-order valence-electron chi connectivity index (χ1n) is 26.1. The van der Waals surface area contributed by atoms with Gasteiger partial charge in [0.05, 0.1) is 0 Å². The van der Waals surface area contributed by atoms with Gasteiger partial charge in [0.15, 0.2) is 0 Å². The Hall–Kier alpha value is -2.44. The summed E-state index contributed by atoms with van der Waals surface area (Å²) in [6.45, 7) is 35.8. The van der Waals surface area contributed by atoms with Gasteiger partial charge in [-0.1, -0.05) is 174 Å². The van der Waals surface area contributed by atoms with Gasteiger partial charge >= 0.3 is 28.4 Å². The van der Waals surface area contributed by atoms with E-state index in [-0.39, 0.29) is 57.3 Å². The summed E-state index contributed by atoms with van der Waals surface area (Å²) < 4.78 is 3.34. The fraction of sp³-hybridized carbons (Fsp3) is 0.545. The Kier molecular flexibility index (Phi) is 18.3. The average Bonchev–Trinajstić information content (AvgIpc) is 3.90. The topological polar surface area (TPSA) is 0 Å². The molecule has 0 saturated heterocycles. The van der Waals surface area contributed by atoms with Crippen LogP contribution in [0.15, 0.2) is 119 Å². The van der Waals surface area contributed by atoms with E-state index in [1.165, 1.54) is 85.0 Å². The molecule has 9 aliphatic rings. The molecule has 0 heterocycles. The maximum absolute atomic E-state index is 3.46. The molecule has 0 nitrogen and oxygen atoms in total. The second kappa shape index (κ2) is 22.0. The third-order valence-corrected chi connectivity index (χ3v) is 19.5. The molecule has 3 heteroatoms. The second-order valence-corrected chi connectivity index (χ2v) is 25.6. The molecule has 0 aliphatic heterocycles. The van der Waals surface area contributed by atoms with E-state index in [0.29, 0.717) is 11.8 Å². The van der Waals surface area contributed by atoms with Gasteiger partial charge < -0.3 is 0 Å². The van der Waals surface area contributed by atoms with Crippen molar-refractivity contribution >= 4 is 34.6 Å². The molecule has 0 N–H and O–H groups in total. The van der Waals surface area contributed by atoms with E-state index in [9.17, 15) is 0 Å². The zero-order valence-corrected chi connectivity index (χ0v) is 49.6. The van der Waals surface area contributed by atoms with Crippen LogP contribution in [0.3, 0.4) is 0 Å². The molecule has 3 unspecified atom stereocenters. The molecule has 0 aromatic heterocycles. The van der Waals surface area contributed by atoms with Crippen LogP contribution in [0.25, 0.3) is 5.57 Å². The second-order valence-electron chi connectivity index (χ2n) is 25.6. The van der Waals surface area contributed by atoms with E-state index < -0.39 is 0 Å². The first-order valence-corrected chi connectivity index (χ1v) is 27.9. The van der Waals surface area contributed by atoms with Crippen LogP contribution >= 0.6 is 24.8 Å². The average molecular weight is 1040 g/mol. The van der Waals surface area contributed by atoms with Crippen molar-refractivity contribution in [2.75, 3.05) is 0 Å². The van der Waals surface area contributed by atoms with Crippen LogP contribution in [0.5, 0.6) is 0 Å². The van der Waals surface area contributed by atoms with Gasteiger partial charge in [-0.3, -0.25) is 6.08 Å². The van der Waals surface area contributed by atoms with Crippen LogP contribution in [-0.2, 0) is 41.5 Å². The number of allylic oxidation sites excluding steroid dienone is 10. The molecule has 69 heavy (non-hydrogen) atoms. The maximum atomic E-state index is 3.46. The normalized spacial score (nSPS) is 29.7. The molecule has 9 aliphatic carbocycles. The molecule has 3 aromatic carbocycles. The Labute approximate surface area is 450 Å². The molecule has 12 rings (SSSR count). The van der Waals surface area contributed by atoms with E-state index >= 15 is 0 Å². The van der Waals surface area contributed by atoms with Crippen molar-refractivity contribution in [1.82, 2.24) is 0 Å². The van der Waals surface area contributed by atoms with Gasteiger partial charge in [0, 0.05) is 0 Å². The van der Waals surface area contributed by atoms with Gasteiger partial charge in [-0.25, -0.2) is 12.0 Å². The zero-order chi connectivity index (χ0) is 48.9. The molecule has 4 bridgehead atoms. The van der Waals surface area contributed by atoms with Crippen LogP contribution in [-0.4, -0.2) is 4.21 Å². The number of rotatable bonds is 1. The fourth-order valence-electron chi connectivity index (χ4n) is 14.6. The molecule has 0 radical (unpaired) electrons. The minimum atomic E-state index is 0. The van der Waals surface area contributed by atoms with Crippen molar-refractivity contribution in [3.8, 4) is 0 Å². The molecular formula is C66H88Cl2Zr-4. The van der Waals surface area contributed by atoms with E-state index in [4.69, 9.17) is 0 Å². The molecule has 0 amide bonds. The van der Waals surface area contributed by atoms with Crippen molar-refractivity contribution < 1.29 is 24.2 Å². The Morgan fingerprint density at radius 3 is 1.67 bits per heavy atom. The van der Waals surface area contributed by atoms with Gasteiger partial charge in [0.1, 0.15) is 0 Å². The number of halogens is 2. The van der Waals surface area contributed by atoms with E-state index in [1.807, 2.05) is 24.3 Å². The van der Waals surface area contributed by atoms with Crippen LogP contribution in [0.1, 0.15) is 171 Å². The Morgan fingerprint density at radius 2 is 1.20 bits per heavy atom. The molecule has 3 atom stereocenters. The monoisotopic (exact) mass is 1040 g/mol. The van der Waals surface area contributed by atoms with Crippen LogP contribution < -0.4 is 0 Å². The molecule has 3 aromatic rings. The van der Waals surface area contributed by atoms with Crippen LogP contribution in [0, 0.1) is 87.2 Å². The first-order chi connectivity index (χ1) is 31.5. The summed E-state index contributed by atoms with van der Waals surface area (Å²) in [5.74, 6) is 8.01. The van der Waals surface area contributed by atoms with E-state index in [1.54, 1.807) is 40.2 Å². The van der Waals surface area contributed by atoms with E-state index in [2.05, 4.69) is 199 Å². The minimum absolute atomic E-state index is 0. The summed E-state index contributed by atoms with van der Waals surface area (Å²) in [5, 5.41) is 0. The Bertz CT molecular complexity index is 2290. The summed E-state index contributed by atoms with van der Waals surface area (Å²) in [6, 6.07) is 31.5. The van der Waals surface area contributed by atoms with Crippen molar-refractivity contribution in [2.45, 2.75) is 166 Å². The summed E-state index contributed by atoms with van der Waals surface area (Å²) in [7, 11) is 0. The fourth-order valence-corrected chi connectivity index (χ4v) is 14.6. The molecule has 374 valence electrons. The molecule has 0 spiro atoms. The molecule has 5 saturated carbocycles. The number of hydrogen-bond donors (Lipinski definition) is 0. The van der Waals surface area contributed by atoms with E-state index in [0.717, 1.165) is 36.0 Å². The van der Waals surface area contributed by atoms with Gasteiger partial charge in [-0.2, -0.15) is 94.6 Å². The predicted molar refractivity (Wildman–Crippen MR) is 299 cm³/mol. The summed E-state index contributed by atoms with van der Waals surface area (Å²) in [4.78, 5) is 0. The van der Waals surface area contributed by atoms with Gasteiger partial charge in [-0.15, -0.1) is 31.7 Å². The number of benzene rings is 3. The van der Waals surface area contributed by atoms with Crippen molar-refractivity contribution in [3.05, 3.63) is 166 Å². The summed E-state index contributed by atoms with van der Waals surface area (Å²) in [6.07, 6.45) is 24.5. The summed E-state index contributed by atoms with van der Waals surface area (Å²) in [5.41, 5.74) is 15.2. The number of hydrogen-bond acceptors (Lipinski definition) is 0. The van der Waals surface area contributed by atoms with Gasteiger partial charge in [0.25, 0.3) is 0 Å². The molecular weight excluding hydrogens is 955 g/mol. The Balaban J connectivity index is 0.000000187. The standard InChI is InChI=1S/C29H37.C16H21.2C10H13.CH2.2ClH.Zr/c1-18-25-22-17-19-13-9-10-14-20(19)24(22)21-15-11-12-16-23(21)29(25,8)28(6,7)27(4,5)26(18,2)3;1-10-2-3-13(4-10)16-14-6-11-5-12(8-14)9-15(16)7-11;2*1-10(2,3)9-7-5-4-6-8-9;;;;/h9-11,13-15,23H,12,16-17H2,1-8H3;3-4,10-12,14-16H,5-9H2,1H3;2*5-8H,1-3H3;1H2;2*1H;/q4*-1;;;;. The molecule has 5 fully saturated rings. The predicted octanol–water partition coefficient (Wildman–Crippen LogP) is 18.3. The van der Waals surface area contributed by atoms with Crippen molar-refractivity contribution in [1.29, 1.82) is 0 Å². The summed E-state index contributed by atoms with van der Waals surface area (Å²) >= 11 is 1.30. The van der Waals surface area contributed by atoms with Gasteiger partial charge in [-0.05, 0) is 107 Å².